The Morgan fingerprint density at radius 1 is 1.29 bits per heavy atom. The molecule has 0 bridgehead atoms. The first-order valence-electron chi connectivity index (χ1n) is 5.26. The molecule has 2 atom stereocenters. The molecule has 0 aliphatic rings. The highest BCUT2D eigenvalue weighted by Crippen LogP contribution is 2.28. The summed E-state index contributed by atoms with van der Waals surface area (Å²) in [6.07, 6.45) is -0.537. The zero-order chi connectivity index (χ0) is 13.2. The number of carboxylic acids is 1. The standard InChI is InChI=1S/C11H16N2O3S/c1-5-6(2)12-13-10(9(5)11(15)16)17-8(4)7(3)14/h7-8,14H,1-4H3,(H,15,16). The summed E-state index contributed by atoms with van der Waals surface area (Å²) in [4.78, 5) is 11.2. The van der Waals surface area contributed by atoms with Crippen LogP contribution in [0.1, 0.15) is 35.5 Å². The number of aromatic carboxylic acids is 1. The summed E-state index contributed by atoms with van der Waals surface area (Å²) in [6, 6.07) is 0. The quantitative estimate of drug-likeness (QED) is 0.797. The lowest BCUT2D eigenvalue weighted by Crippen LogP contribution is -2.17. The fourth-order valence-electron chi connectivity index (χ4n) is 1.20. The lowest BCUT2D eigenvalue weighted by molar-refractivity contribution is 0.0690. The Morgan fingerprint density at radius 3 is 2.35 bits per heavy atom. The van der Waals surface area contributed by atoms with Gasteiger partial charge in [-0.05, 0) is 26.3 Å². The Hall–Kier alpha value is -1.14. The highest BCUT2D eigenvalue weighted by molar-refractivity contribution is 8.00. The van der Waals surface area contributed by atoms with Crippen LogP contribution in [0.2, 0.25) is 0 Å². The van der Waals surface area contributed by atoms with Crippen LogP contribution in [0.3, 0.4) is 0 Å². The Kier molecular flexibility index (Phi) is 4.47. The Balaban J connectivity index is 3.16. The van der Waals surface area contributed by atoms with Crippen molar-refractivity contribution >= 4 is 17.7 Å². The molecule has 1 rings (SSSR count). The minimum absolute atomic E-state index is 0.135. The first kappa shape index (κ1) is 13.9. The summed E-state index contributed by atoms with van der Waals surface area (Å²) in [6.45, 7) is 6.91. The van der Waals surface area contributed by atoms with Crippen LogP contribution in [-0.2, 0) is 0 Å². The van der Waals surface area contributed by atoms with E-state index in [-0.39, 0.29) is 10.8 Å². The van der Waals surface area contributed by atoms with Gasteiger partial charge in [0.25, 0.3) is 0 Å². The third kappa shape index (κ3) is 3.17. The number of aryl methyl sites for hydroxylation is 1. The second-order valence-electron chi connectivity index (χ2n) is 3.96. The number of aromatic nitrogens is 2. The van der Waals surface area contributed by atoms with Crippen molar-refractivity contribution in [3.05, 3.63) is 16.8 Å². The Morgan fingerprint density at radius 2 is 1.88 bits per heavy atom. The van der Waals surface area contributed by atoms with Crippen molar-refractivity contribution in [2.45, 2.75) is 44.1 Å². The first-order chi connectivity index (χ1) is 7.84. The highest BCUT2D eigenvalue weighted by Gasteiger charge is 2.21. The molecule has 1 heterocycles. The monoisotopic (exact) mass is 256 g/mol. The fraction of sp³-hybridized carbons (Fsp3) is 0.545. The number of thioether (sulfide) groups is 1. The smallest absolute Gasteiger partial charge is 0.338 e. The molecular formula is C11H16N2O3S. The molecule has 0 aromatic carbocycles. The maximum atomic E-state index is 11.2. The Labute approximate surface area is 104 Å². The molecule has 0 amide bonds. The SMILES string of the molecule is Cc1nnc(SC(C)C(C)O)c(C(=O)O)c1C. The highest BCUT2D eigenvalue weighted by atomic mass is 32.2. The number of hydrogen-bond donors (Lipinski definition) is 2. The molecule has 0 saturated carbocycles. The number of carbonyl (C=O) groups is 1. The van der Waals surface area contributed by atoms with E-state index in [1.165, 1.54) is 11.8 Å². The average molecular weight is 256 g/mol. The summed E-state index contributed by atoms with van der Waals surface area (Å²) in [5, 5.41) is 26.6. The van der Waals surface area contributed by atoms with E-state index in [1.807, 2.05) is 6.92 Å². The van der Waals surface area contributed by atoms with Gasteiger partial charge in [0, 0.05) is 5.25 Å². The number of carboxylic acid groups (broad SMARTS) is 1. The van der Waals surface area contributed by atoms with E-state index in [0.29, 0.717) is 16.3 Å². The predicted octanol–water partition coefficient (Wildman–Crippen LogP) is 1.65. The first-order valence-corrected chi connectivity index (χ1v) is 6.14. The van der Waals surface area contributed by atoms with Crippen molar-refractivity contribution in [2.75, 3.05) is 0 Å². The predicted molar refractivity (Wildman–Crippen MR) is 65.5 cm³/mol. The molecule has 1 aromatic heterocycles. The normalized spacial score (nSPS) is 14.4. The maximum Gasteiger partial charge on any atom is 0.338 e. The van der Waals surface area contributed by atoms with Crippen molar-refractivity contribution in [1.82, 2.24) is 10.2 Å². The van der Waals surface area contributed by atoms with Crippen LogP contribution >= 0.6 is 11.8 Å². The van der Waals surface area contributed by atoms with E-state index >= 15 is 0 Å². The molecule has 0 radical (unpaired) electrons. The van der Waals surface area contributed by atoms with Gasteiger partial charge in [-0.1, -0.05) is 18.7 Å². The molecule has 2 unspecified atom stereocenters. The van der Waals surface area contributed by atoms with E-state index in [0.717, 1.165) is 0 Å². The number of aliphatic hydroxyl groups excluding tert-OH is 1. The second kappa shape index (κ2) is 5.46. The molecule has 5 nitrogen and oxygen atoms in total. The Bertz CT molecular complexity index is 435. The fourth-order valence-corrected chi connectivity index (χ4v) is 2.19. The molecule has 0 aliphatic heterocycles. The van der Waals surface area contributed by atoms with Crippen molar-refractivity contribution in [3.8, 4) is 0 Å². The number of aliphatic hydroxyl groups is 1. The van der Waals surface area contributed by atoms with E-state index < -0.39 is 12.1 Å². The van der Waals surface area contributed by atoms with Gasteiger partial charge < -0.3 is 10.2 Å². The van der Waals surface area contributed by atoms with Crippen LogP contribution in [-0.4, -0.2) is 37.7 Å². The van der Waals surface area contributed by atoms with Crippen LogP contribution in [0.15, 0.2) is 5.03 Å². The lowest BCUT2D eigenvalue weighted by atomic mass is 10.1. The van der Waals surface area contributed by atoms with Gasteiger partial charge in [-0.15, -0.1) is 5.10 Å². The van der Waals surface area contributed by atoms with Crippen molar-refractivity contribution in [1.29, 1.82) is 0 Å². The van der Waals surface area contributed by atoms with Crippen molar-refractivity contribution in [2.24, 2.45) is 0 Å². The number of rotatable bonds is 4. The molecule has 94 valence electrons. The summed E-state index contributed by atoms with van der Waals surface area (Å²) < 4.78 is 0. The van der Waals surface area contributed by atoms with Gasteiger partial charge in [0.15, 0.2) is 0 Å². The third-order valence-corrected chi connectivity index (χ3v) is 3.89. The summed E-state index contributed by atoms with van der Waals surface area (Å²) >= 11 is 1.23. The number of hydrogen-bond acceptors (Lipinski definition) is 5. The maximum absolute atomic E-state index is 11.2. The minimum atomic E-state index is -1.01. The van der Waals surface area contributed by atoms with Crippen LogP contribution in [0.5, 0.6) is 0 Å². The van der Waals surface area contributed by atoms with Crippen LogP contribution in [0.25, 0.3) is 0 Å². The van der Waals surface area contributed by atoms with E-state index in [1.54, 1.807) is 20.8 Å². The van der Waals surface area contributed by atoms with Gasteiger partial charge >= 0.3 is 5.97 Å². The van der Waals surface area contributed by atoms with Gasteiger partial charge in [0.05, 0.1) is 17.4 Å². The van der Waals surface area contributed by atoms with Gasteiger partial charge in [0.1, 0.15) is 5.03 Å². The summed E-state index contributed by atoms with van der Waals surface area (Å²) in [5.41, 5.74) is 1.40. The van der Waals surface area contributed by atoms with Crippen molar-refractivity contribution < 1.29 is 15.0 Å². The van der Waals surface area contributed by atoms with Gasteiger partial charge in [0.2, 0.25) is 0 Å². The topological polar surface area (TPSA) is 83.3 Å². The molecule has 17 heavy (non-hydrogen) atoms. The molecule has 0 fully saturated rings. The zero-order valence-electron chi connectivity index (χ0n) is 10.3. The van der Waals surface area contributed by atoms with E-state index in [2.05, 4.69) is 10.2 Å². The second-order valence-corrected chi connectivity index (χ2v) is 5.33. The molecular weight excluding hydrogens is 240 g/mol. The molecule has 0 saturated heterocycles. The van der Waals surface area contributed by atoms with Crippen LogP contribution in [0, 0.1) is 13.8 Å². The lowest BCUT2D eigenvalue weighted by Gasteiger charge is -2.15. The van der Waals surface area contributed by atoms with Crippen LogP contribution in [0.4, 0.5) is 0 Å². The van der Waals surface area contributed by atoms with Crippen LogP contribution < -0.4 is 0 Å². The summed E-state index contributed by atoms with van der Waals surface area (Å²) in [7, 11) is 0. The van der Waals surface area contributed by atoms with Gasteiger partial charge in [-0.25, -0.2) is 4.79 Å². The third-order valence-electron chi connectivity index (χ3n) is 2.61. The van der Waals surface area contributed by atoms with E-state index in [9.17, 15) is 15.0 Å². The largest absolute Gasteiger partial charge is 0.478 e. The van der Waals surface area contributed by atoms with Gasteiger partial charge in [-0.2, -0.15) is 5.10 Å². The zero-order valence-corrected chi connectivity index (χ0v) is 11.1. The molecule has 6 heteroatoms. The molecule has 1 aromatic rings. The minimum Gasteiger partial charge on any atom is -0.478 e. The molecule has 2 N–H and O–H groups in total. The molecule has 0 spiro atoms. The average Bonchev–Trinajstić information content (AvgIpc) is 2.22. The number of nitrogens with zero attached hydrogens (tertiary/aromatic N) is 2. The van der Waals surface area contributed by atoms with E-state index in [4.69, 9.17) is 0 Å². The van der Waals surface area contributed by atoms with Gasteiger partial charge in [-0.3, -0.25) is 0 Å². The van der Waals surface area contributed by atoms with Crippen molar-refractivity contribution in [3.63, 3.8) is 0 Å². The summed E-state index contributed by atoms with van der Waals surface area (Å²) in [5.74, 6) is -1.01. The molecule has 0 aliphatic carbocycles.